The second-order valence-electron chi connectivity index (χ2n) is 4.89. The zero-order valence-electron chi connectivity index (χ0n) is 11.5. The first-order valence-electron chi connectivity index (χ1n) is 6.41. The Morgan fingerprint density at radius 2 is 2.05 bits per heavy atom. The number of hydrogen-bond donors (Lipinski definition) is 2. The summed E-state index contributed by atoms with van der Waals surface area (Å²) in [5, 5.41) is 10.6. The Morgan fingerprint density at radius 3 is 2.40 bits per heavy atom. The summed E-state index contributed by atoms with van der Waals surface area (Å²) in [5.41, 5.74) is 0. The highest BCUT2D eigenvalue weighted by atomic mass is 19.4. The van der Waals surface area contributed by atoms with Crippen LogP contribution in [0.3, 0.4) is 0 Å². The van der Waals surface area contributed by atoms with E-state index < -0.39 is 12.1 Å². The summed E-state index contributed by atoms with van der Waals surface area (Å²) in [4.78, 5) is 13.5. The Hall–Kier alpha value is -1.44. The lowest BCUT2D eigenvalue weighted by molar-refractivity contribution is -0.192. The van der Waals surface area contributed by atoms with Crippen LogP contribution in [0.25, 0.3) is 0 Å². The lowest BCUT2D eigenvalue weighted by Crippen LogP contribution is -2.41. The molecule has 2 heterocycles. The molecule has 2 aliphatic rings. The van der Waals surface area contributed by atoms with Gasteiger partial charge in [0.1, 0.15) is 0 Å². The van der Waals surface area contributed by atoms with Gasteiger partial charge < -0.3 is 20.2 Å². The minimum atomic E-state index is -5.08. The van der Waals surface area contributed by atoms with Crippen molar-refractivity contribution in [2.75, 3.05) is 20.1 Å². The SMILES string of the molecule is CC1N(C)C=CN1C[C@@H]1CCCN1.O=C(O)C(F)(F)F. The van der Waals surface area contributed by atoms with E-state index in [0.717, 1.165) is 6.54 Å². The average Bonchev–Trinajstić information content (AvgIpc) is 2.94. The Kier molecular flexibility index (Phi) is 5.67. The topological polar surface area (TPSA) is 55.8 Å². The van der Waals surface area contributed by atoms with Gasteiger partial charge in [0, 0.05) is 32.0 Å². The fourth-order valence-corrected chi connectivity index (χ4v) is 2.05. The fraction of sp³-hybridized carbons (Fsp3) is 0.750. The third kappa shape index (κ3) is 4.92. The van der Waals surface area contributed by atoms with E-state index in [1.165, 1.54) is 19.4 Å². The number of nitrogens with one attached hydrogen (secondary N) is 1. The van der Waals surface area contributed by atoms with Crippen molar-refractivity contribution in [3.8, 4) is 0 Å². The summed E-state index contributed by atoms with van der Waals surface area (Å²) in [6.45, 7) is 4.60. The summed E-state index contributed by atoms with van der Waals surface area (Å²) < 4.78 is 31.7. The minimum absolute atomic E-state index is 0.530. The first-order chi connectivity index (χ1) is 9.21. The van der Waals surface area contributed by atoms with Crippen LogP contribution >= 0.6 is 0 Å². The molecule has 0 aliphatic carbocycles. The molecule has 0 saturated carbocycles. The van der Waals surface area contributed by atoms with Crippen molar-refractivity contribution in [2.45, 2.75) is 38.1 Å². The first kappa shape index (κ1) is 16.6. The molecule has 0 aromatic heterocycles. The molecule has 2 atom stereocenters. The third-order valence-corrected chi connectivity index (χ3v) is 3.40. The second-order valence-corrected chi connectivity index (χ2v) is 4.89. The number of carboxylic acid groups (broad SMARTS) is 1. The standard InChI is InChI=1S/C10H19N3.C2HF3O2/c1-9-12(2)6-7-13(9)8-10-4-3-5-11-10;3-2(4,5)1(6)7/h6-7,9-11H,3-5,8H2,1-2H3;(H,6,7)/t9?,10-;/m0./s1. The molecule has 20 heavy (non-hydrogen) atoms. The lowest BCUT2D eigenvalue weighted by Gasteiger charge is -2.29. The van der Waals surface area contributed by atoms with Gasteiger partial charge in [-0.25, -0.2) is 4.79 Å². The monoisotopic (exact) mass is 295 g/mol. The molecule has 0 amide bonds. The number of carbonyl (C=O) groups is 1. The predicted molar refractivity (Wildman–Crippen MR) is 67.8 cm³/mol. The van der Waals surface area contributed by atoms with Crippen LogP contribution in [0.1, 0.15) is 19.8 Å². The molecular weight excluding hydrogens is 275 g/mol. The summed E-state index contributed by atoms with van der Waals surface area (Å²) in [6, 6.07) is 0.707. The normalized spacial score (nSPS) is 25.6. The number of alkyl halides is 3. The Bertz CT molecular complexity index is 354. The molecule has 2 rings (SSSR count). The maximum atomic E-state index is 10.6. The number of rotatable bonds is 2. The molecular formula is C12H20F3N3O2. The van der Waals surface area contributed by atoms with E-state index in [1.807, 2.05) is 0 Å². The van der Waals surface area contributed by atoms with Crippen LogP contribution in [0.15, 0.2) is 12.4 Å². The number of nitrogens with zero attached hydrogens (tertiary/aromatic N) is 2. The Balaban J connectivity index is 0.000000246. The van der Waals surface area contributed by atoms with Gasteiger partial charge >= 0.3 is 12.1 Å². The predicted octanol–water partition coefficient (Wildman–Crippen LogP) is 1.44. The lowest BCUT2D eigenvalue weighted by atomic mass is 10.2. The highest BCUT2D eigenvalue weighted by Gasteiger charge is 2.38. The van der Waals surface area contributed by atoms with Crippen molar-refractivity contribution in [1.82, 2.24) is 15.1 Å². The molecule has 1 unspecified atom stereocenters. The average molecular weight is 295 g/mol. The minimum Gasteiger partial charge on any atom is -0.475 e. The van der Waals surface area contributed by atoms with Crippen LogP contribution in [0.4, 0.5) is 13.2 Å². The quantitative estimate of drug-likeness (QED) is 0.807. The van der Waals surface area contributed by atoms with Gasteiger partial charge in [0.05, 0.1) is 6.17 Å². The fourth-order valence-electron chi connectivity index (χ4n) is 2.05. The Labute approximate surface area is 116 Å². The first-order valence-corrected chi connectivity index (χ1v) is 6.41. The summed E-state index contributed by atoms with van der Waals surface area (Å²) >= 11 is 0. The molecule has 0 spiro atoms. The van der Waals surface area contributed by atoms with Crippen molar-refractivity contribution in [3.63, 3.8) is 0 Å². The smallest absolute Gasteiger partial charge is 0.475 e. The maximum Gasteiger partial charge on any atom is 0.490 e. The molecule has 0 radical (unpaired) electrons. The van der Waals surface area contributed by atoms with Gasteiger partial charge in [-0.2, -0.15) is 13.2 Å². The number of hydrogen-bond acceptors (Lipinski definition) is 4. The largest absolute Gasteiger partial charge is 0.490 e. The van der Waals surface area contributed by atoms with Gasteiger partial charge in [-0.15, -0.1) is 0 Å². The molecule has 1 fully saturated rings. The highest BCUT2D eigenvalue weighted by molar-refractivity contribution is 5.73. The van der Waals surface area contributed by atoms with Crippen LogP contribution in [0.2, 0.25) is 0 Å². The van der Waals surface area contributed by atoms with Gasteiger partial charge in [0.25, 0.3) is 0 Å². The highest BCUT2D eigenvalue weighted by Crippen LogP contribution is 2.16. The van der Waals surface area contributed by atoms with E-state index in [4.69, 9.17) is 9.90 Å². The van der Waals surface area contributed by atoms with Crippen LogP contribution < -0.4 is 5.32 Å². The zero-order valence-corrected chi connectivity index (χ0v) is 11.5. The van der Waals surface area contributed by atoms with E-state index in [0.29, 0.717) is 12.2 Å². The van der Waals surface area contributed by atoms with Crippen molar-refractivity contribution < 1.29 is 23.1 Å². The van der Waals surface area contributed by atoms with E-state index in [9.17, 15) is 13.2 Å². The third-order valence-electron chi connectivity index (χ3n) is 3.40. The van der Waals surface area contributed by atoms with Crippen molar-refractivity contribution in [1.29, 1.82) is 0 Å². The molecule has 0 aromatic rings. The maximum absolute atomic E-state index is 10.6. The molecule has 0 bridgehead atoms. The van der Waals surface area contributed by atoms with Gasteiger partial charge in [-0.05, 0) is 26.3 Å². The molecule has 0 aromatic carbocycles. The van der Waals surface area contributed by atoms with E-state index in [-0.39, 0.29) is 0 Å². The van der Waals surface area contributed by atoms with Crippen molar-refractivity contribution >= 4 is 5.97 Å². The Morgan fingerprint density at radius 1 is 1.45 bits per heavy atom. The van der Waals surface area contributed by atoms with Crippen LogP contribution in [0.5, 0.6) is 0 Å². The number of halogens is 3. The molecule has 5 nitrogen and oxygen atoms in total. The molecule has 2 aliphatic heterocycles. The van der Waals surface area contributed by atoms with Gasteiger partial charge in [0.2, 0.25) is 0 Å². The summed E-state index contributed by atoms with van der Waals surface area (Å²) in [7, 11) is 2.13. The number of aliphatic carboxylic acids is 1. The molecule has 116 valence electrons. The number of carboxylic acids is 1. The van der Waals surface area contributed by atoms with Crippen molar-refractivity contribution in [2.24, 2.45) is 0 Å². The molecule has 8 heteroatoms. The summed E-state index contributed by atoms with van der Waals surface area (Å²) in [6.07, 6.45) is 2.47. The van der Waals surface area contributed by atoms with Crippen molar-refractivity contribution in [3.05, 3.63) is 12.4 Å². The van der Waals surface area contributed by atoms with Crippen LogP contribution in [0, 0.1) is 0 Å². The second kappa shape index (κ2) is 6.83. The van der Waals surface area contributed by atoms with E-state index >= 15 is 0 Å². The van der Waals surface area contributed by atoms with E-state index in [2.05, 4.69) is 41.5 Å². The van der Waals surface area contributed by atoms with Crippen LogP contribution in [-0.4, -0.2) is 59.4 Å². The molecule has 2 N–H and O–H groups in total. The van der Waals surface area contributed by atoms with Gasteiger partial charge in [-0.1, -0.05) is 0 Å². The van der Waals surface area contributed by atoms with Gasteiger partial charge in [0.15, 0.2) is 0 Å². The summed E-state index contributed by atoms with van der Waals surface area (Å²) in [5.74, 6) is -2.76. The zero-order chi connectivity index (χ0) is 15.3. The molecule has 1 saturated heterocycles. The van der Waals surface area contributed by atoms with Gasteiger partial charge in [-0.3, -0.25) is 0 Å². The van der Waals surface area contributed by atoms with Crippen LogP contribution in [-0.2, 0) is 4.79 Å². The van der Waals surface area contributed by atoms with E-state index in [1.54, 1.807) is 0 Å².